The molecule has 0 heterocycles. The van der Waals surface area contributed by atoms with E-state index in [0.29, 0.717) is 35.2 Å². The third kappa shape index (κ3) is 8.10. The minimum atomic E-state index is -0.192. The second-order valence-corrected chi connectivity index (χ2v) is 10.1. The summed E-state index contributed by atoms with van der Waals surface area (Å²) in [5.74, 6) is 3.75. The molecule has 7 heteroatoms. The van der Waals surface area contributed by atoms with Gasteiger partial charge in [-0.3, -0.25) is 4.79 Å². The quantitative estimate of drug-likeness (QED) is 0.111. The first kappa shape index (κ1) is 31.0. The van der Waals surface area contributed by atoms with Crippen LogP contribution in [0.4, 0.5) is 0 Å². The van der Waals surface area contributed by atoms with Crippen molar-refractivity contribution in [2.45, 2.75) is 33.0 Å². The van der Waals surface area contributed by atoms with Crippen molar-refractivity contribution in [1.82, 2.24) is 0 Å². The first-order valence-electron chi connectivity index (χ1n) is 14.0. The summed E-state index contributed by atoms with van der Waals surface area (Å²) < 4.78 is 33.8. The predicted octanol–water partition coefficient (Wildman–Crippen LogP) is 7.90. The van der Waals surface area contributed by atoms with E-state index in [0.717, 1.165) is 33.8 Å². The van der Waals surface area contributed by atoms with Crippen molar-refractivity contribution in [3.8, 4) is 34.5 Å². The van der Waals surface area contributed by atoms with E-state index in [-0.39, 0.29) is 18.3 Å². The highest BCUT2D eigenvalue weighted by Gasteiger charge is 2.19. The number of ether oxygens (including phenoxy) is 6. The van der Waals surface area contributed by atoms with Gasteiger partial charge in [0.15, 0.2) is 17.3 Å². The molecule has 4 rings (SSSR count). The minimum Gasteiger partial charge on any atom is -0.497 e. The Morgan fingerprint density at radius 2 is 1.19 bits per heavy atom. The number of carbonyl (C=O) groups excluding carboxylic acids is 1. The third-order valence-corrected chi connectivity index (χ3v) is 6.94. The zero-order valence-electron chi connectivity index (χ0n) is 25.5. The maximum Gasteiger partial charge on any atom is 0.189 e. The van der Waals surface area contributed by atoms with E-state index in [2.05, 4.69) is 13.8 Å². The molecule has 0 fully saturated rings. The highest BCUT2D eigenvalue weighted by molar-refractivity contribution is 6.09. The summed E-state index contributed by atoms with van der Waals surface area (Å²) in [6.07, 6.45) is 3.29. The van der Waals surface area contributed by atoms with Gasteiger partial charge < -0.3 is 28.4 Å². The van der Waals surface area contributed by atoms with Crippen LogP contribution in [-0.4, -0.2) is 34.2 Å². The van der Waals surface area contributed by atoms with Crippen LogP contribution in [0.1, 0.15) is 52.4 Å². The zero-order chi connectivity index (χ0) is 30.8. The fourth-order valence-electron chi connectivity index (χ4n) is 4.45. The van der Waals surface area contributed by atoms with E-state index in [1.54, 1.807) is 46.7 Å². The number of hydrogen-bond donors (Lipinski definition) is 0. The highest BCUT2D eigenvalue weighted by atomic mass is 16.5. The van der Waals surface area contributed by atoms with Crippen LogP contribution in [0, 0.1) is 0 Å². The molecule has 0 N–H and O–H groups in total. The standard InChI is InChI=1S/C36H38O7/c1-24(2)30-20-31(32(37)17-11-25-12-18-33(40-5)36(19-25)41-6)35(43-23-27-9-15-29(39-4)16-10-27)21-34(30)42-22-26-7-13-28(38-3)14-8-26/h7-21,24H,22-23H2,1-6H3/b17-11+. The third-order valence-electron chi connectivity index (χ3n) is 6.94. The van der Waals surface area contributed by atoms with Crippen molar-refractivity contribution in [1.29, 1.82) is 0 Å². The van der Waals surface area contributed by atoms with Gasteiger partial charge in [-0.1, -0.05) is 50.3 Å². The molecule has 0 saturated carbocycles. The van der Waals surface area contributed by atoms with Crippen LogP contribution >= 0.6 is 0 Å². The lowest BCUT2D eigenvalue weighted by Crippen LogP contribution is -2.07. The molecule has 4 aromatic carbocycles. The van der Waals surface area contributed by atoms with Gasteiger partial charge in [-0.25, -0.2) is 0 Å². The lowest BCUT2D eigenvalue weighted by molar-refractivity contribution is 0.104. The number of rotatable bonds is 14. The fourth-order valence-corrected chi connectivity index (χ4v) is 4.45. The molecule has 4 aromatic rings. The lowest BCUT2D eigenvalue weighted by atomic mass is 9.96. The van der Waals surface area contributed by atoms with Crippen molar-refractivity contribution in [3.05, 3.63) is 113 Å². The SMILES string of the molecule is COc1ccc(COc2cc(OCc3ccc(OC)cc3)c(C(C)C)cc2C(=O)/C=C/c2ccc(OC)c(OC)c2)cc1. The van der Waals surface area contributed by atoms with Gasteiger partial charge in [-0.05, 0) is 76.7 Å². The molecule has 0 spiro atoms. The molecule has 0 aliphatic heterocycles. The molecule has 0 unspecified atom stereocenters. The largest absolute Gasteiger partial charge is 0.497 e. The van der Waals surface area contributed by atoms with Crippen LogP contribution in [0.3, 0.4) is 0 Å². The number of benzene rings is 4. The summed E-state index contributed by atoms with van der Waals surface area (Å²) in [7, 11) is 6.43. The lowest BCUT2D eigenvalue weighted by Gasteiger charge is -2.19. The van der Waals surface area contributed by atoms with Crippen molar-refractivity contribution in [3.63, 3.8) is 0 Å². The Bertz CT molecular complexity index is 1540. The molecule has 0 aliphatic rings. The Labute approximate surface area is 253 Å². The molecule has 0 bridgehead atoms. The molecule has 43 heavy (non-hydrogen) atoms. The smallest absolute Gasteiger partial charge is 0.189 e. The van der Waals surface area contributed by atoms with Gasteiger partial charge in [0.2, 0.25) is 0 Å². The Balaban J connectivity index is 1.66. The number of hydrogen-bond acceptors (Lipinski definition) is 7. The highest BCUT2D eigenvalue weighted by Crippen LogP contribution is 2.36. The van der Waals surface area contributed by atoms with Crippen LogP contribution < -0.4 is 28.4 Å². The van der Waals surface area contributed by atoms with Gasteiger partial charge >= 0.3 is 0 Å². The molecule has 0 aliphatic carbocycles. The molecule has 0 atom stereocenters. The summed E-state index contributed by atoms with van der Waals surface area (Å²) in [6, 6.07) is 24.5. The molecule has 0 amide bonds. The Kier molecular flexibility index (Phi) is 10.7. The van der Waals surface area contributed by atoms with Crippen LogP contribution in [-0.2, 0) is 13.2 Å². The average Bonchev–Trinajstić information content (AvgIpc) is 3.05. The maximum absolute atomic E-state index is 13.6. The number of carbonyl (C=O) groups is 1. The summed E-state index contributed by atoms with van der Waals surface area (Å²) in [5, 5.41) is 0. The first-order valence-corrected chi connectivity index (χ1v) is 14.0. The topological polar surface area (TPSA) is 72.5 Å². The zero-order valence-corrected chi connectivity index (χ0v) is 25.5. The number of ketones is 1. The normalized spacial score (nSPS) is 11.0. The van der Waals surface area contributed by atoms with Crippen LogP contribution in [0.15, 0.2) is 84.9 Å². The van der Waals surface area contributed by atoms with Crippen LogP contribution in [0.5, 0.6) is 34.5 Å². The summed E-state index contributed by atoms with van der Waals surface area (Å²) in [4.78, 5) is 13.6. The Morgan fingerprint density at radius 3 is 1.70 bits per heavy atom. The van der Waals surface area contributed by atoms with Crippen molar-refractivity contribution in [2.24, 2.45) is 0 Å². The Morgan fingerprint density at radius 1 is 0.628 bits per heavy atom. The van der Waals surface area contributed by atoms with E-state index < -0.39 is 0 Å². The summed E-state index contributed by atoms with van der Waals surface area (Å²) in [6.45, 7) is 4.76. The van der Waals surface area contributed by atoms with E-state index in [1.807, 2.05) is 72.8 Å². The van der Waals surface area contributed by atoms with Gasteiger partial charge in [-0.15, -0.1) is 0 Å². The van der Waals surface area contributed by atoms with E-state index in [4.69, 9.17) is 28.4 Å². The van der Waals surface area contributed by atoms with Gasteiger partial charge in [0, 0.05) is 6.07 Å². The second kappa shape index (κ2) is 14.8. The molecule has 7 nitrogen and oxygen atoms in total. The average molecular weight is 583 g/mol. The van der Waals surface area contributed by atoms with Gasteiger partial charge in [0.05, 0.1) is 34.0 Å². The van der Waals surface area contributed by atoms with Gasteiger partial charge in [0.25, 0.3) is 0 Å². The van der Waals surface area contributed by atoms with Crippen molar-refractivity contribution in [2.75, 3.05) is 28.4 Å². The van der Waals surface area contributed by atoms with Crippen LogP contribution in [0.25, 0.3) is 6.08 Å². The molecule has 224 valence electrons. The summed E-state index contributed by atoms with van der Waals surface area (Å²) >= 11 is 0. The second-order valence-electron chi connectivity index (χ2n) is 10.1. The maximum atomic E-state index is 13.6. The minimum absolute atomic E-state index is 0.0999. The molecule has 0 radical (unpaired) electrons. The molecule has 0 saturated heterocycles. The van der Waals surface area contributed by atoms with Crippen molar-refractivity contribution < 1.29 is 33.2 Å². The van der Waals surface area contributed by atoms with E-state index in [9.17, 15) is 4.79 Å². The van der Waals surface area contributed by atoms with Crippen LogP contribution in [0.2, 0.25) is 0 Å². The fraction of sp³-hybridized carbons (Fsp3) is 0.250. The summed E-state index contributed by atoms with van der Waals surface area (Å²) in [5.41, 5.74) is 4.09. The molecular weight excluding hydrogens is 544 g/mol. The van der Waals surface area contributed by atoms with E-state index in [1.165, 1.54) is 0 Å². The monoisotopic (exact) mass is 582 g/mol. The van der Waals surface area contributed by atoms with Crippen molar-refractivity contribution >= 4 is 11.9 Å². The first-order chi connectivity index (χ1) is 20.8. The molecular formula is C36H38O7. The number of allylic oxidation sites excluding steroid dienone is 1. The Hall–Kier alpha value is -4.91. The predicted molar refractivity (Wildman–Crippen MR) is 168 cm³/mol. The van der Waals surface area contributed by atoms with E-state index >= 15 is 0 Å². The van der Waals surface area contributed by atoms with Gasteiger partial charge in [-0.2, -0.15) is 0 Å². The number of methoxy groups -OCH3 is 4. The molecule has 0 aromatic heterocycles. The van der Waals surface area contributed by atoms with Gasteiger partial charge in [0.1, 0.15) is 36.2 Å².